The number of hydrogen-bond donors (Lipinski definition) is 2. The van der Waals surface area contributed by atoms with E-state index in [-0.39, 0.29) is 48.8 Å². The SMILES string of the molecule is O=C1[C@@H]2[C@@H](CC(CO)=C3[C@@H](CC/C(=C/c4ccccc4O)c4ccccn4)OC[C@@H]32)C(=O)N1c1cccc([N+](=O)[O-])c1. The number of phenols is 1. The number of nitro groups is 1. The molecule has 3 aromatic rings. The number of fused-ring (bicyclic) bond motifs is 3. The van der Waals surface area contributed by atoms with Crippen LogP contribution >= 0.6 is 0 Å². The summed E-state index contributed by atoms with van der Waals surface area (Å²) in [6.07, 6.45) is 4.55. The lowest BCUT2D eigenvalue weighted by molar-refractivity contribution is -0.384. The molecule has 10 nitrogen and oxygen atoms in total. The summed E-state index contributed by atoms with van der Waals surface area (Å²) in [6.45, 7) is -0.0252. The number of nitro benzene ring substituents is 1. The highest BCUT2D eigenvalue weighted by Gasteiger charge is 2.57. The molecule has 2 amide bonds. The van der Waals surface area contributed by atoms with Gasteiger partial charge in [-0.3, -0.25) is 24.7 Å². The first-order valence-corrected chi connectivity index (χ1v) is 13.8. The van der Waals surface area contributed by atoms with Gasteiger partial charge >= 0.3 is 0 Å². The van der Waals surface area contributed by atoms with Crippen LogP contribution in [0.4, 0.5) is 11.4 Å². The monoisotopic (exact) mass is 567 g/mol. The van der Waals surface area contributed by atoms with E-state index in [1.54, 1.807) is 18.3 Å². The van der Waals surface area contributed by atoms with Crippen molar-refractivity contribution in [2.75, 3.05) is 18.1 Å². The lowest BCUT2D eigenvalue weighted by atomic mass is 9.69. The summed E-state index contributed by atoms with van der Waals surface area (Å²) in [5.41, 5.74) is 3.86. The summed E-state index contributed by atoms with van der Waals surface area (Å²) in [4.78, 5) is 43.5. The average molecular weight is 568 g/mol. The molecule has 0 bridgehead atoms. The maximum absolute atomic E-state index is 13.7. The van der Waals surface area contributed by atoms with Crippen molar-refractivity contribution in [2.24, 2.45) is 17.8 Å². The molecule has 0 saturated carbocycles. The Morgan fingerprint density at radius 2 is 1.88 bits per heavy atom. The number of aliphatic hydroxyl groups excluding tert-OH is 1. The predicted octanol–water partition coefficient (Wildman–Crippen LogP) is 4.53. The fourth-order valence-corrected chi connectivity index (χ4v) is 6.53. The number of amides is 2. The Hall–Kier alpha value is -4.67. The van der Waals surface area contributed by atoms with Crippen molar-refractivity contribution >= 4 is 34.8 Å². The Morgan fingerprint density at radius 3 is 2.62 bits per heavy atom. The molecule has 2 aromatic carbocycles. The number of aliphatic hydroxyl groups is 1. The zero-order valence-corrected chi connectivity index (χ0v) is 22.6. The van der Waals surface area contributed by atoms with Crippen LogP contribution in [0.5, 0.6) is 5.75 Å². The first-order valence-electron chi connectivity index (χ1n) is 13.8. The molecule has 6 rings (SSSR count). The second-order valence-corrected chi connectivity index (χ2v) is 10.8. The van der Waals surface area contributed by atoms with E-state index in [1.807, 2.05) is 36.4 Å². The van der Waals surface area contributed by atoms with E-state index < -0.39 is 28.6 Å². The Morgan fingerprint density at radius 1 is 1.07 bits per heavy atom. The van der Waals surface area contributed by atoms with Crippen LogP contribution in [-0.2, 0) is 14.3 Å². The van der Waals surface area contributed by atoms with Gasteiger partial charge < -0.3 is 14.9 Å². The van der Waals surface area contributed by atoms with Gasteiger partial charge in [0.1, 0.15) is 5.75 Å². The number of carbonyl (C=O) groups excluding carboxylic acids is 2. The fraction of sp³-hybridized carbons (Fsp3) is 0.281. The molecule has 2 N–H and O–H groups in total. The number of hydrogen-bond acceptors (Lipinski definition) is 8. The van der Waals surface area contributed by atoms with Crippen LogP contribution < -0.4 is 4.90 Å². The van der Waals surface area contributed by atoms with E-state index in [1.165, 1.54) is 24.3 Å². The van der Waals surface area contributed by atoms with Gasteiger partial charge in [-0.25, -0.2) is 4.90 Å². The number of para-hydroxylation sites is 1. The molecular weight excluding hydrogens is 538 g/mol. The van der Waals surface area contributed by atoms with Gasteiger partial charge in [-0.15, -0.1) is 0 Å². The summed E-state index contributed by atoms with van der Waals surface area (Å²) in [5, 5.41) is 32.0. The molecule has 2 aliphatic heterocycles. The normalized spacial score (nSPS) is 23.7. The maximum atomic E-state index is 13.7. The third-order valence-corrected chi connectivity index (χ3v) is 8.43. The van der Waals surface area contributed by atoms with Crippen LogP contribution in [0.25, 0.3) is 11.6 Å². The second-order valence-electron chi connectivity index (χ2n) is 10.8. The van der Waals surface area contributed by atoms with Crippen molar-refractivity contribution < 1.29 is 29.5 Å². The van der Waals surface area contributed by atoms with E-state index in [0.29, 0.717) is 24.0 Å². The Bertz CT molecular complexity index is 1620. The van der Waals surface area contributed by atoms with Crippen LogP contribution in [0.1, 0.15) is 30.5 Å². The van der Waals surface area contributed by atoms with E-state index in [0.717, 1.165) is 21.7 Å². The van der Waals surface area contributed by atoms with E-state index in [2.05, 4.69) is 4.98 Å². The van der Waals surface area contributed by atoms with Crippen molar-refractivity contribution in [1.82, 2.24) is 4.98 Å². The van der Waals surface area contributed by atoms with Crippen molar-refractivity contribution in [1.29, 1.82) is 0 Å². The highest BCUT2D eigenvalue weighted by molar-refractivity contribution is 6.22. The number of aromatic nitrogens is 1. The van der Waals surface area contributed by atoms with Gasteiger partial charge in [-0.2, -0.15) is 0 Å². The first kappa shape index (κ1) is 27.5. The molecule has 214 valence electrons. The van der Waals surface area contributed by atoms with E-state index in [9.17, 15) is 29.9 Å². The molecule has 3 aliphatic rings. The molecule has 0 unspecified atom stereocenters. The second kappa shape index (κ2) is 11.3. The number of phenolic OH excluding ortho intramolecular Hbond substituents is 1. The van der Waals surface area contributed by atoms with Gasteiger partial charge in [-0.1, -0.05) is 30.3 Å². The number of pyridine rings is 1. The lowest BCUT2D eigenvalue weighted by Gasteiger charge is -2.31. The number of ether oxygens (including phenoxy) is 1. The predicted molar refractivity (Wildman–Crippen MR) is 154 cm³/mol. The number of anilines is 1. The van der Waals surface area contributed by atoms with Gasteiger partial charge in [-0.05, 0) is 66.3 Å². The minimum Gasteiger partial charge on any atom is -0.507 e. The summed E-state index contributed by atoms with van der Waals surface area (Å²) >= 11 is 0. The Kier molecular flexibility index (Phi) is 7.40. The van der Waals surface area contributed by atoms with Gasteiger partial charge in [0.05, 0.1) is 47.5 Å². The Labute approximate surface area is 241 Å². The van der Waals surface area contributed by atoms with Gasteiger partial charge in [0.2, 0.25) is 11.8 Å². The van der Waals surface area contributed by atoms with Crippen LogP contribution in [0.3, 0.4) is 0 Å². The quantitative estimate of drug-likeness (QED) is 0.175. The molecule has 2 fully saturated rings. The van der Waals surface area contributed by atoms with Crippen molar-refractivity contribution in [2.45, 2.75) is 25.4 Å². The summed E-state index contributed by atoms with van der Waals surface area (Å²) in [5.74, 6) is -2.37. The number of non-ortho nitro benzene ring substituents is 1. The van der Waals surface area contributed by atoms with E-state index >= 15 is 0 Å². The van der Waals surface area contributed by atoms with Gasteiger partial charge in [0.25, 0.3) is 5.69 Å². The minimum atomic E-state index is -0.667. The lowest BCUT2D eigenvalue weighted by Crippen LogP contribution is -2.35. The molecule has 2 saturated heterocycles. The molecule has 4 atom stereocenters. The third-order valence-electron chi connectivity index (χ3n) is 8.43. The fourth-order valence-electron chi connectivity index (χ4n) is 6.53. The summed E-state index contributed by atoms with van der Waals surface area (Å²) in [6, 6.07) is 18.2. The van der Waals surface area contributed by atoms with Crippen LogP contribution in [0.15, 0.2) is 84.1 Å². The number of imide groups is 1. The largest absolute Gasteiger partial charge is 0.507 e. The number of carbonyl (C=O) groups is 2. The highest BCUT2D eigenvalue weighted by atomic mass is 16.6. The molecule has 10 heteroatoms. The van der Waals surface area contributed by atoms with Gasteiger partial charge in [0.15, 0.2) is 0 Å². The molecule has 3 heterocycles. The first-order chi connectivity index (χ1) is 20.4. The number of rotatable bonds is 8. The van der Waals surface area contributed by atoms with Crippen molar-refractivity contribution in [3.05, 3.63) is 105 Å². The minimum absolute atomic E-state index is 0.157. The van der Waals surface area contributed by atoms with Crippen molar-refractivity contribution in [3.8, 4) is 5.75 Å². The molecule has 1 aliphatic carbocycles. The summed E-state index contributed by atoms with van der Waals surface area (Å²) < 4.78 is 6.24. The van der Waals surface area contributed by atoms with Gasteiger partial charge in [0, 0.05) is 29.8 Å². The molecule has 1 aromatic heterocycles. The summed E-state index contributed by atoms with van der Waals surface area (Å²) in [7, 11) is 0. The average Bonchev–Trinajstić information content (AvgIpc) is 3.54. The number of allylic oxidation sites excluding steroid dienone is 1. The van der Waals surface area contributed by atoms with Crippen LogP contribution in [-0.4, -0.2) is 51.3 Å². The molecular formula is C32H29N3O7. The van der Waals surface area contributed by atoms with E-state index in [4.69, 9.17) is 4.74 Å². The van der Waals surface area contributed by atoms with Crippen molar-refractivity contribution in [3.63, 3.8) is 0 Å². The smallest absolute Gasteiger partial charge is 0.271 e. The number of aromatic hydroxyl groups is 1. The Balaban J connectivity index is 1.27. The zero-order chi connectivity index (χ0) is 29.4. The van der Waals surface area contributed by atoms with Crippen LogP contribution in [0, 0.1) is 27.9 Å². The standard InChI is InChI=1S/C32H29N3O7/c36-17-21-15-24-30(32(39)34(31(24)38)22-7-5-8-23(16-22)35(40)41)25-18-42-28(29(21)25)12-11-19(26-9-3-4-13-33-26)14-20-6-1-2-10-27(20)37/h1-10,13-14,16,24-25,28,30,36-37H,11-12,15,17-18H2/b19-14-/t24-,25+,28-,30-/m1/s1. The zero-order valence-electron chi connectivity index (χ0n) is 22.6. The number of benzene rings is 2. The molecule has 0 radical (unpaired) electrons. The molecule has 42 heavy (non-hydrogen) atoms. The third kappa shape index (κ3) is 4.88. The number of nitrogens with zero attached hydrogens (tertiary/aromatic N) is 3. The topological polar surface area (TPSA) is 143 Å². The highest BCUT2D eigenvalue weighted by Crippen LogP contribution is 2.50. The molecule has 0 spiro atoms. The van der Waals surface area contributed by atoms with Crippen LogP contribution in [0.2, 0.25) is 0 Å². The maximum Gasteiger partial charge on any atom is 0.271 e.